The van der Waals surface area contributed by atoms with Crippen molar-refractivity contribution in [2.45, 2.75) is 13.5 Å². The third-order valence-electron chi connectivity index (χ3n) is 3.84. The number of rotatable bonds is 7. The molecule has 3 rings (SSSR count). The fourth-order valence-corrected chi connectivity index (χ4v) is 2.61. The van der Waals surface area contributed by atoms with Gasteiger partial charge in [0, 0.05) is 24.5 Å². The Kier molecular flexibility index (Phi) is 5.18. The molecular formula is C19H22N4O2. The molecule has 0 aliphatic rings. The van der Waals surface area contributed by atoms with Crippen molar-refractivity contribution >= 4 is 22.7 Å². The normalized spacial score (nSPS) is 10.5. The summed E-state index contributed by atoms with van der Waals surface area (Å²) in [5.41, 5.74) is 1.97. The molecule has 130 valence electrons. The van der Waals surface area contributed by atoms with Gasteiger partial charge in [0.1, 0.15) is 5.82 Å². The number of nitrogens with zero attached hydrogens (tertiary/aromatic N) is 2. The van der Waals surface area contributed by atoms with Crippen LogP contribution in [-0.4, -0.2) is 30.7 Å². The number of nitrogens with one attached hydrogen (secondary N) is 2. The van der Waals surface area contributed by atoms with Crippen molar-refractivity contribution in [1.29, 1.82) is 0 Å². The quantitative estimate of drug-likeness (QED) is 0.685. The van der Waals surface area contributed by atoms with Gasteiger partial charge in [-0.2, -0.15) is 4.98 Å². The van der Waals surface area contributed by atoms with Gasteiger partial charge in [0.25, 0.3) is 0 Å². The van der Waals surface area contributed by atoms with Crippen LogP contribution in [0.5, 0.6) is 11.5 Å². The average Bonchev–Trinajstić information content (AvgIpc) is 2.66. The van der Waals surface area contributed by atoms with Crippen LogP contribution in [0.4, 0.5) is 11.8 Å². The minimum absolute atomic E-state index is 0.581. The summed E-state index contributed by atoms with van der Waals surface area (Å²) in [6.07, 6.45) is 0. The molecule has 6 nitrogen and oxygen atoms in total. The van der Waals surface area contributed by atoms with Gasteiger partial charge < -0.3 is 20.1 Å². The van der Waals surface area contributed by atoms with Gasteiger partial charge in [-0.15, -0.1) is 0 Å². The largest absolute Gasteiger partial charge is 0.493 e. The molecule has 0 aliphatic carbocycles. The highest BCUT2D eigenvalue weighted by molar-refractivity contribution is 5.92. The molecule has 0 amide bonds. The summed E-state index contributed by atoms with van der Waals surface area (Å²) in [4.78, 5) is 9.17. The van der Waals surface area contributed by atoms with Crippen LogP contribution in [0.25, 0.3) is 10.9 Å². The lowest BCUT2D eigenvalue weighted by molar-refractivity contribution is 0.356. The predicted octanol–water partition coefficient (Wildman–Crippen LogP) is 3.69. The van der Waals surface area contributed by atoms with E-state index in [2.05, 4.69) is 32.7 Å². The molecule has 2 aromatic carbocycles. The van der Waals surface area contributed by atoms with Crippen molar-refractivity contribution in [3.05, 3.63) is 48.0 Å². The maximum absolute atomic E-state index is 5.42. The van der Waals surface area contributed by atoms with Crippen LogP contribution in [0, 0.1) is 0 Å². The number of hydrogen-bond donors (Lipinski definition) is 2. The Bertz CT molecular complexity index is 853. The molecule has 0 fully saturated rings. The van der Waals surface area contributed by atoms with Gasteiger partial charge in [0.15, 0.2) is 11.5 Å². The van der Waals surface area contributed by atoms with Crippen molar-refractivity contribution in [3.63, 3.8) is 0 Å². The monoisotopic (exact) mass is 338 g/mol. The summed E-state index contributed by atoms with van der Waals surface area (Å²) in [5.74, 6) is 2.63. The molecule has 6 heteroatoms. The maximum Gasteiger partial charge on any atom is 0.225 e. The third-order valence-corrected chi connectivity index (χ3v) is 3.84. The topological polar surface area (TPSA) is 68.3 Å². The van der Waals surface area contributed by atoms with Crippen LogP contribution >= 0.6 is 0 Å². The smallest absolute Gasteiger partial charge is 0.225 e. The maximum atomic E-state index is 5.42. The van der Waals surface area contributed by atoms with E-state index in [4.69, 9.17) is 9.47 Å². The lowest BCUT2D eigenvalue weighted by Gasteiger charge is -2.14. The van der Waals surface area contributed by atoms with Gasteiger partial charge in [0.2, 0.25) is 5.95 Å². The zero-order valence-corrected chi connectivity index (χ0v) is 14.7. The first-order chi connectivity index (χ1) is 12.2. The summed E-state index contributed by atoms with van der Waals surface area (Å²) in [6, 6.07) is 14.0. The third kappa shape index (κ3) is 3.74. The molecule has 0 bridgehead atoms. The van der Waals surface area contributed by atoms with Crippen molar-refractivity contribution < 1.29 is 9.47 Å². The summed E-state index contributed by atoms with van der Waals surface area (Å²) >= 11 is 0. The van der Waals surface area contributed by atoms with Gasteiger partial charge in [-0.05, 0) is 18.6 Å². The van der Waals surface area contributed by atoms with Gasteiger partial charge in [0.05, 0.1) is 19.7 Å². The molecule has 0 radical (unpaired) electrons. The van der Waals surface area contributed by atoms with Crippen LogP contribution in [0.2, 0.25) is 0 Å². The average molecular weight is 338 g/mol. The molecule has 0 aliphatic heterocycles. The molecule has 2 N–H and O–H groups in total. The molecule has 0 spiro atoms. The Balaban J connectivity index is 2.03. The van der Waals surface area contributed by atoms with E-state index in [-0.39, 0.29) is 0 Å². The molecule has 0 saturated carbocycles. The van der Waals surface area contributed by atoms with Gasteiger partial charge in [-0.3, -0.25) is 0 Å². The van der Waals surface area contributed by atoms with Crippen LogP contribution in [0.3, 0.4) is 0 Å². The Morgan fingerprint density at radius 1 is 0.920 bits per heavy atom. The fourth-order valence-electron chi connectivity index (χ4n) is 2.61. The van der Waals surface area contributed by atoms with Gasteiger partial charge in [-0.25, -0.2) is 4.98 Å². The molecule has 0 unspecified atom stereocenters. The fraction of sp³-hybridized carbons (Fsp3) is 0.263. The number of benzene rings is 2. The predicted molar refractivity (Wildman–Crippen MR) is 101 cm³/mol. The van der Waals surface area contributed by atoms with Crippen LogP contribution in [0.15, 0.2) is 42.5 Å². The van der Waals surface area contributed by atoms with E-state index < -0.39 is 0 Å². The number of ether oxygens (including phenoxy) is 2. The highest BCUT2D eigenvalue weighted by Crippen LogP contribution is 2.34. The summed E-state index contributed by atoms with van der Waals surface area (Å²) in [6.45, 7) is 3.43. The van der Waals surface area contributed by atoms with E-state index in [1.165, 1.54) is 5.56 Å². The van der Waals surface area contributed by atoms with E-state index in [1.54, 1.807) is 14.2 Å². The molecule has 1 aromatic heterocycles. The number of anilines is 2. The molecule has 3 aromatic rings. The summed E-state index contributed by atoms with van der Waals surface area (Å²) in [5, 5.41) is 7.46. The Morgan fingerprint density at radius 3 is 2.32 bits per heavy atom. The first kappa shape index (κ1) is 16.8. The van der Waals surface area contributed by atoms with Crippen molar-refractivity contribution in [2.75, 3.05) is 31.4 Å². The van der Waals surface area contributed by atoms with Crippen LogP contribution in [0.1, 0.15) is 12.5 Å². The summed E-state index contributed by atoms with van der Waals surface area (Å²) in [7, 11) is 3.24. The first-order valence-corrected chi connectivity index (χ1v) is 8.20. The Hall–Kier alpha value is -3.02. The van der Waals surface area contributed by atoms with Crippen molar-refractivity contribution in [1.82, 2.24) is 9.97 Å². The van der Waals surface area contributed by atoms with Gasteiger partial charge in [-0.1, -0.05) is 30.3 Å². The second-order valence-corrected chi connectivity index (χ2v) is 5.49. The summed E-state index contributed by atoms with van der Waals surface area (Å²) < 4.78 is 10.8. The first-order valence-electron chi connectivity index (χ1n) is 8.20. The second-order valence-electron chi connectivity index (χ2n) is 5.49. The molecule has 1 heterocycles. The molecule has 0 saturated heterocycles. The Morgan fingerprint density at radius 2 is 1.64 bits per heavy atom. The van der Waals surface area contributed by atoms with Crippen LogP contribution < -0.4 is 20.1 Å². The molecule has 0 atom stereocenters. The van der Waals surface area contributed by atoms with E-state index in [1.807, 2.05) is 37.3 Å². The van der Waals surface area contributed by atoms with Crippen LogP contribution in [-0.2, 0) is 6.54 Å². The van der Waals surface area contributed by atoms with E-state index in [0.717, 1.165) is 23.3 Å². The zero-order valence-electron chi connectivity index (χ0n) is 14.7. The highest BCUT2D eigenvalue weighted by atomic mass is 16.5. The van der Waals surface area contributed by atoms with E-state index in [9.17, 15) is 0 Å². The standard InChI is InChI=1S/C19H22N4O2/c1-4-20-19-22-15-11-17(25-3)16(24-2)10-14(15)18(23-19)21-12-13-8-6-5-7-9-13/h5-11H,4,12H2,1-3H3,(H2,20,21,22,23). The lowest BCUT2D eigenvalue weighted by atomic mass is 10.2. The zero-order chi connectivity index (χ0) is 17.6. The Labute approximate surface area is 147 Å². The minimum Gasteiger partial charge on any atom is -0.493 e. The van der Waals surface area contributed by atoms with Gasteiger partial charge >= 0.3 is 0 Å². The van der Waals surface area contributed by atoms with E-state index in [0.29, 0.717) is 24.0 Å². The second kappa shape index (κ2) is 7.70. The molecule has 25 heavy (non-hydrogen) atoms. The number of aromatic nitrogens is 2. The van der Waals surface area contributed by atoms with Crippen molar-refractivity contribution in [3.8, 4) is 11.5 Å². The van der Waals surface area contributed by atoms with E-state index >= 15 is 0 Å². The number of hydrogen-bond acceptors (Lipinski definition) is 6. The lowest BCUT2D eigenvalue weighted by Crippen LogP contribution is -2.08. The SMILES string of the molecule is CCNc1nc(NCc2ccccc2)c2cc(OC)c(OC)cc2n1. The highest BCUT2D eigenvalue weighted by Gasteiger charge is 2.13. The number of fused-ring (bicyclic) bond motifs is 1. The molecular weight excluding hydrogens is 316 g/mol. The van der Waals surface area contributed by atoms with Crippen molar-refractivity contribution in [2.24, 2.45) is 0 Å². The minimum atomic E-state index is 0.581. The number of methoxy groups -OCH3 is 2.